The first-order valence-corrected chi connectivity index (χ1v) is 5.71. The molecule has 1 aromatic rings. The maximum absolute atomic E-state index is 13.5. The van der Waals surface area contributed by atoms with Crippen LogP contribution in [0, 0.1) is 5.82 Å². The number of rotatable bonds is 2. The lowest BCUT2D eigenvalue weighted by atomic mass is 10.1. The third-order valence-corrected chi connectivity index (χ3v) is 3.06. The van der Waals surface area contributed by atoms with Crippen LogP contribution in [0.1, 0.15) is 18.4 Å². The summed E-state index contributed by atoms with van der Waals surface area (Å²) in [5.41, 5.74) is 0.638. The summed E-state index contributed by atoms with van der Waals surface area (Å²) < 4.78 is 13.5. The standard InChI is InChI=1S/C12H13ClFNO/c13-10-2-1-9(12(14)7-10)8-15-5-3-11(16)4-6-15/h1-2,7H,3-6,8H2. The van der Waals surface area contributed by atoms with Crippen molar-refractivity contribution in [1.29, 1.82) is 0 Å². The van der Waals surface area contributed by atoms with Gasteiger partial charge in [0.05, 0.1) is 0 Å². The Kier molecular flexibility index (Phi) is 3.56. The summed E-state index contributed by atoms with van der Waals surface area (Å²) in [4.78, 5) is 13.1. The van der Waals surface area contributed by atoms with Crippen molar-refractivity contribution in [2.45, 2.75) is 19.4 Å². The van der Waals surface area contributed by atoms with E-state index in [0.717, 1.165) is 13.1 Å². The van der Waals surface area contributed by atoms with Crippen LogP contribution in [-0.4, -0.2) is 23.8 Å². The molecule has 0 aliphatic carbocycles. The van der Waals surface area contributed by atoms with Crippen LogP contribution in [0.25, 0.3) is 0 Å². The Hall–Kier alpha value is -0.930. The van der Waals surface area contributed by atoms with Gasteiger partial charge >= 0.3 is 0 Å². The predicted molar refractivity (Wildman–Crippen MR) is 60.9 cm³/mol. The highest BCUT2D eigenvalue weighted by molar-refractivity contribution is 6.30. The first-order chi connectivity index (χ1) is 7.65. The van der Waals surface area contributed by atoms with Crippen molar-refractivity contribution in [3.8, 4) is 0 Å². The number of ketones is 1. The number of hydrogen-bond donors (Lipinski definition) is 0. The fraction of sp³-hybridized carbons (Fsp3) is 0.417. The van der Waals surface area contributed by atoms with Crippen molar-refractivity contribution in [3.63, 3.8) is 0 Å². The molecule has 0 saturated carbocycles. The van der Waals surface area contributed by atoms with E-state index in [1.165, 1.54) is 6.07 Å². The van der Waals surface area contributed by atoms with Gasteiger partial charge in [0.2, 0.25) is 0 Å². The Labute approximate surface area is 99.0 Å². The maximum atomic E-state index is 13.5. The Bertz CT molecular complexity index is 398. The van der Waals surface area contributed by atoms with Crippen molar-refractivity contribution >= 4 is 17.4 Å². The predicted octanol–water partition coefficient (Wildman–Crippen LogP) is 2.64. The highest BCUT2D eigenvalue weighted by atomic mass is 35.5. The molecule has 86 valence electrons. The van der Waals surface area contributed by atoms with Gasteiger partial charge in [-0.15, -0.1) is 0 Å². The summed E-state index contributed by atoms with van der Waals surface area (Å²) in [6.07, 6.45) is 1.16. The molecule has 4 heteroatoms. The van der Waals surface area contributed by atoms with Crippen LogP contribution in [0.2, 0.25) is 5.02 Å². The monoisotopic (exact) mass is 241 g/mol. The van der Waals surface area contributed by atoms with E-state index in [-0.39, 0.29) is 5.82 Å². The van der Waals surface area contributed by atoms with Gasteiger partial charge < -0.3 is 0 Å². The molecular weight excluding hydrogens is 229 g/mol. The van der Waals surface area contributed by atoms with Crippen LogP contribution in [0.4, 0.5) is 4.39 Å². The van der Waals surface area contributed by atoms with Crippen molar-refractivity contribution in [2.75, 3.05) is 13.1 Å². The molecule has 0 aromatic heterocycles. The molecule has 1 aliphatic heterocycles. The van der Waals surface area contributed by atoms with E-state index in [0.29, 0.717) is 35.8 Å². The average molecular weight is 242 g/mol. The van der Waals surface area contributed by atoms with E-state index >= 15 is 0 Å². The Morgan fingerprint density at radius 1 is 1.31 bits per heavy atom. The lowest BCUT2D eigenvalue weighted by Crippen LogP contribution is -2.33. The van der Waals surface area contributed by atoms with E-state index in [4.69, 9.17) is 11.6 Å². The van der Waals surface area contributed by atoms with E-state index in [9.17, 15) is 9.18 Å². The molecule has 2 nitrogen and oxygen atoms in total. The summed E-state index contributed by atoms with van der Waals surface area (Å²) in [6, 6.07) is 4.72. The van der Waals surface area contributed by atoms with E-state index in [1.807, 2.05) is 0 Å². The fourth-order valence-corrected chi connectivity index (χ4v) is 2.01. The van der Waals surface area contributed by atoms with Crippen LogP contribution in [0.3, 0.4) is 0 Å². The van der Waals surface area contributed by atoms with Gasteiger partial charge in [0.15, 0.2) is 0 Å². The lowest BCUT2D eigenvalue weighted by Gasteiger charge is -2.25. The van der Waals surface area contributed by atoms with Crippen molar-refractivity contribution in [3.05, 3.63) is 34.6 Å². The van der Waals surface area contributed by atoms with Crippen LogP contribution >= 0.6 is 11.6 Å². The Balaban J connectivity index is 2.01. The van der Waals surface area contributed by atoms with Gasteiger partial charge in [-0.25, -0.2) is 4.39 Å². The zero-order valence-corrected chi connectivity index (χ0v) is 9.63. The quantitative estimate of drug-likeness (QED) is 0.794. The first-order valence-electron chi connectivity index (χ1n) is 5.33. The molecule has 0 spiro atoms. The van der Waals surface area contributed by atoms with Crippen molar-refractivity contribution in [2.24, 2.45) is 0 Å². The molecular formula is C12H13ClFNO. The molecule has 16 heavy (non-hydrogen) atoms. The fourth-order valence-electron chi connectivity index (χ4n) is 1.85. The number of Topliss-reactive ketones (excluding diaryl/α,β-unsaturated/α-hetero) is 1. The lowest BCUT2D eigenvalue weighted by molar-refractivity contribution is -0.121. The molecule has 1 fully saturated rings. The number of carbonyl (C=O) groups excluding carboxylic acids is 1. The minimum absolute atomic E-state index is 0.274. The summed E-state index contributed by atoms with van der Waals surface area (Å²) in [6.45, 7) is 2.00. The SMILES string of the molecule is O=C1CCN(Cc2ccc(Cl)cc2F)CC1. The molecule has 1 saturated heterocycles. The largest absolute Gasteiger partial charge is 0.300 e. The number of nitrogens with zero attached hydrogens (tertiary/aromatic N) is 1. The van der Waals surface area contributed by atoms with Crippen molar-refractivity contribution in [1.82, 2.24) is 4.90 Å². The molecule has 0 radical (unpaired) electrons. The smallest absolute Gasteiger partial charge is 0.135 e. The Morgan fingerprint density at radius 2 is 2.00 bits per heavy atom. The third-order valence-electron chi connectivity index (χ3n) is 2.82. The number of hydrogen-bond acceptors (Lipinski definition) is 2. The summed E-state index contributed by atoms with van der Waals surface area (Å²) in [5, 5.41) is 0.412. The van der Waals surface area contributed by atoms with Gasteiger partial charge in [-0.3, -0.25) is 9.69 Å². The highest BCUT2D eigenvalue weighted by Crippen LogP contribution is 2.17. The van der Waals surface area contributed by atoms with Crippen molar-refractivity contribution < 1.29 is 9.18 Å². The van der Waals surface area contributed by atoms with Gasteiger partial charge in [-0.1, -0.05) is 17.7 Å². The molecule has 1 aliphatic rings. The minimum atomic E-state index is -0.274. The minimum Gasteiger partial charge on any atom is -0.300 e. The van der Waals surface area contributed by atoms with Gasteiger partial charge in [-0.2, -0.15) is 0 Å². The molecule has 0 atom stereocenters. The number of carbonyl (C=O) groups is 1. The van der Waals surface area contributed by atoms with E-state index in [1.54, 1.807) is 12.1 Å². The Morgan fingerprint density at radius 3 is 2.62 bits per heavy atom. The van der Waals surface area contributed by atoms with Gasteiger partial charge in [0.1, 0.15) is 11.6 Å². The normalized spacial score (nSPS) is 17.8. The number of benzene rings is 1. The van der Waals surface area contributed by atoms with Crippen LogP contribution in [-0.2, 0) is 11.3 Å². The molecule has 0 bridgehead atoms. The van der Waals surface area contributed by atoms with E-state index in [2.05, 4.69) is 4.90 Å². The van der Waals surface area contributed by atoms with Crippen LogP contribution in [0.15, 0.2) is 18.2 Å². The van der Waals surface area contributed by atoms with E-state index < -0.39 is 0 Å². The summed E-state index contributed by atoms with van der Waals surface area (Å²) >= 11 is 5.68. The molecule has 0 unspecified atom stereocenters. The molecule has 0 N–H and O–H groups in total. The number of likely N-dealkylation sites (tertiary alicyclic amines) is 1. The first kappa shape index (κ1) is 11.6. The molecule has 1 heterocycles. The van der Waals surface area contributed by atoms with Gasteiger partial charge in [-0.05, 0) is 12.1 Å². The topological polar surface area (TPSA) is 20.3 Å². The number of halogens is 2. The zero-order valence-electron chi connectivity index (χ0n) is 8.88. The second kappa shape index (κ2) is 4.93. The summed E-state index contributed by atoms with van der Waals surface area (Å²) in [5.74, 6) is 0.0252. The second-order valence-electron chi connectivity index (χ2n) is 4.05. The zero-order chi connectivity index (χ0) is 11.5. The van der Waals surface area contributed by atoms with Crippen LogP contribution in [0.5, 0.6) is 0 Å². The molecule has 2 rings (SSSR count). The maximum Gasteiger partial charge on any atom is 0.135 e. The third kappa shape index (κ3) is 2.80. The highest BCUT2D eigenvalue weighted by Gasteiger charge is 2.17. The average Bonchev–Trinajstić information content (AvgIpc) is 2.25. The second-order valence-corrected chi connectivity index (χ2v) is 4.49. The van der Waals surface area contributed by atoms with Gasteiger partial charge in [0.25, 0.3) is 0 Å². The number of piperidine rings is 1. The van der Waals surface area contributed by atoms with Crippen LogP contribution < -0.4 is 0 Å². The molecule has 0 amide bonds. The van der Waals surface area contributed by atoms with Gasteiger partial charge in [0, 0.05) is 43.1 Å². The molecule has 1 aromatic carbocycles. The summed E-state index contributed by atoms with van der Waals surface area (Å²) in [7, 11) is 0.